The summed E-state index contributed by atoms with van der Waals surface area (Å²) in [6.07, 6.45) is 8.34. The normalized spacial score (nSPS) is 20.6. The Morgan fingerprint density at radius 3 is 2.80 bits per heavy atom. The minimum Gasteiger partial charge on any atom is -0.479 e. The molecule has 0 bridgehead atoms. The number of hydrogen-bond donors (Lipinski definition) is 0. The highest BCUT2D eigenvalue weighted by Gasteiger charge is 2.21. The molecule has 0 saturated carbocycles. The molecule has 1 fully saturated rings. The van der Waals surface area contributed by atoms with Crippen LogP contribution in [0.5, 0.6) is 0 Å². The van der Waals surface area contributed by atoms with Gasteiger partial charge in [-0.2, -0.15) is 0 Å². The van der Waals surface area contributed by atoms with E-state index in [1.54, 1.807) is 0 Å². The maximum absolute atomic E-state index is 5.75. The quantitative estimate of drug-likeness (QED) is 0.712. The Kier molecular flexibility index (Phi) is 6.59. The first-order valence-electron chi connectivity index (χ1n) is 9.35. The summed E-state index contributed by atoms with van der Waals surface area (Å²) >= 11 is 0. The highest BCUT2D eigenvalue weighted by atomic mass is 16.5. The van der Waals surface area contributed by atoms with Gasteiger partial charge in [0.15, 0.2) is 5.90 Å². The molecule has 3 heterocycles. The fourth-order valence-corrected chi connectivity index (χ4v) is 3.35. The van der Waals surface area contributed by atoms with Crippen LogP contribution in [0.15, 0.2) is 35.5 Å². The van der Waals surface area contributed by atoms with Crippen LogP contribution in [-0.4, -0.2) is 73.6 Å². The van der Waals surface area contributed by atoms with Gasteiger partial charge in [0, 0.05) is 57.0 Å². The lowest BCUT2D eigenvalue weighted by Crippen LogP contribution is -2.44. The lowest BCUT2D eigenvalue weighted by atomic mass is 9.97. The fraction of sp³-hybridized carbons (Fsp3) is 0.600. The van der Waals surface area contributed by atoms with Crippen LogP contribution in [0.1, 0.15) is 17.7 Å². The Morgan fingerprint density at radius 1 is 1.24 bits per heavy atom. The Balaban J connectivity index is 1.53. The van der Waals surface area contributed by atoms with Crippen molar-refractivity contribution in [1.82, 2.24) is 14.8 Å². The average molecular weight is 342 g/mol. The van der Waals surface area contributed by atoms with Crippen molar-refractivity contribution in [2.75, 3.05) is 52.9 Å². The van der Waals surface area contributed by atoms with Gasteiger partial charge in [0.2, 0.25) is 0 Å². The molecule has 0 aliphatic carbocycles. The van der Waals surface area contributed by atoms with Crippen molar-refractivity contribution in [3.05, 3.63) is 41.7 Å². The van der Waals surface area contributed by atoms with Gasteiger partial charge < -0.3 is 9.64 Å². The predicted octanol–water partition coefficient (Wildman–Crippen LogP) is 2.17. The van der Waals surface area contributed by atoms with Crippen LogP contribution in [0.2, 0.25) is 0 Å². The van der Waals surface area contributed by atoms with Crippen LogP contribution < -0.4 is 0 Å². The summed E-state index contributed by atoms with van der Waals surface area (Å²) in [4.78, 5) is 14.0. The third-order valence-electron chi connectivity index (χ3n) is 4.93. The van der Waals surface area contributed by atoms with Crippen LogP contribution >= 0.6 is 0 Å². The van der Waals surface area contributed by atoms with Crippen LogP contribution in [-0.2, 0) is 11.2 Å². The molecular formula is C20H30N4O. The summed E-state index contributed by atoms with van der Waals surface area (Å²) in [6.45, 7) is 9.31. The lowest BCUT2D eigenvalue weighted by molar-refractivity contribution is 0.166. The summed E-state index contributed by atoms with van der Waals surface area (Å²) in [5, 5.41) is 0. The molecule has 1 atom stereocenters. The van der Waals surface area contributed by atoms with Crippen LogP contribution in [0.25, 0.3) is 0 Å². The number of allylic oxidation sites excluding steroid dienone is 1. The van der Waals surface area contributed by atoms with Crippen LogP contribution in [0.3, 0.4) is 0 Å². The second kappa shape index (κ2) is 9.11. The number of nitrogens with zero attached hydrogens (tertiary/aromatic N) is 4. The number of rotatable bonds is 7. The van der Waals surface area contributed by atoms with Crippen molar-refractivity contribution in [1.29, 1.82) is 0 Å². The Morgan fingerprint density at radius 2 is 2.08 bits per heavy atom. The number of likely N-dealkylation sites (N-methyl/N-ethyl adjacent to an activating group) is 1. The molecule has 5 heteroatoms. The number of aliphatic imine (C=N–C) groups is 1. The number of pyridine rings is 1. The number of aromatic nitrogens is 1. The molecule has 0 amide bonds. The van der Waals surface area contributed by atoms with Gasteiger partial charge in [-0.3, -0.25) is 14.9 Å². The van der Waals surface area contributed by atoms with Gasteiger partial charge >= 0.3 is 0 Å². The predicted molar refractivity (Wildman–Crippen MR) is 102 cm³/mol. The van der Waals surface area contributed by atoms with Gasteiger partial charge in [-0.15, -0.1) is 0 Å². The molecule has 136 valence electrons. The van der Waals surface area contributed by atoms with E-state index in [-0.39, 0.29) is 0 Å². The SMILES string of the molecule is Cc1ccnc(CC(CC=CCN2CCN(C)CC2)C2=NCCO2)c1. The summed E-state index contributed by atoms with van der Waals surface area (Å²) in [5.41, 5.74) is 2.37. The lowest BCUT2D eigenvalue weighted by Gasteiger charge is -2.31. The Labute approximate surface area is 151 Å². The van der Waals surface area contributed by atoms with Crippen molar-refractivity contribution >= 4 is 5.90 Å². The molecule has 5 nitrogen and oxygen atoms in total. The highest BCUT2D eigenvalue weighted by Crippen LogP contribution is 2.18. The van der Waals surface area contributed by atoms with E-state index in [1.165, 1.54) is 18.7 Å². The minimum atomic E-state index is 0.292. The molecule has 0 N–H and O–H groups in total. The first-order chi connectivity index (χ1) is 12.2. The van der Waals surface area contributed by atoms with E-state index in [4.69, 9.17) is 4.74 Å². The minimum absolute atomic E-state index is 0.292. The van der Waals surface area contributed by atoms with Gasteiger partial charge in [0.25, 0.3) is 0 Å². The average Bonchev–Trinajstić information content (AvgIpc) is 3.14. The van der Waals surface area contributed by atoms with E-state index in [0.717, 1.165) is 57.2 Å². The molecular weight excluding hydrogens is 312 g/mol. The molecule has 1 saturated heterocycles. The van der Waals surface area contributed by atoms with Crippen LogP contribution in [0.4, 0.5) is 0 Å². The first-order valence-corrected chi connectivity index (χ1v) is 9.35. The van der Waals surface area contributed by atoms with Crippen molar-refractivity contribution in [2.24, 2.45) is 10.9 Å². The third kappa shape index (κ3) is 5.65. The maximum atomic E-state index is 5.75. The van der Waals surface area contributed by atoms with E-state index in [9.17, 15) is 0 Å². The van der Waals surface area contributed by atoms with Crippen molar-refractivity contribution < 1.29 is 4.74 Å². The zero-order valence-corrected chi connectivity index (χ0v) is 15.5. The van der Waals surface area contributed by atoms with Gasteiger partial charge in [-0.25, -0.2) is 0 Å². The van der Waals surface area contributed by atoms with E-state index in [1.807, 2.05) is 12.3 Å². The monoisotopic (exact) mass is 342 g/mol. The zero-order chi connectivity index (χ0) is 17.5. The highest BCUT2D eigenvalue weighted by molar-refractivity contribution is 5.80. The molecule has 2 aliphatic rings. The topological polar surface area (TPSA) is 41.0 Å². The van der Waals surface area contributed by atoms with Crippen LogP contribution in [0, 0.1) is 12.8 Å². The first kappa shape index (κ1) is 18.1. The largest absolute Gasteiger partial charge is 0.479 e. The summed E-state index contributed by atoms with van der Waals surface area (Å²) < 4.78 is 5.75. The van der Waals surface area contributed by atoms with E-state index in [2.05, 4.69) is 52.0 Å². The smallest absolute Gasteiger partial charge is 0.187 e. The van der Waals surface area contributed by atoms with E-state index < -0.39 is 0 Å². The van der Waals surface area contributed by atoms with Gasteiger partial charge in [0.1, 0.15) is 6.61 Å². The van der Waals surface area contributed by atoms with Crippen molar-refractivity contribution in [2.45, 2.75) is 19.8 Å². The maximum Gasteiger partial charge on any atom is 0.187 e. The molecule has 2 aliphatic heterocycles. The van der Waals surface area contributed by atoms with E-state index in [0.29, 0.717) is 5.92 Å². The van der Waals surface area contributed by atoms with Crippen molar-refractivity contribution in [3.63, 3.8) is 0 Å². The fourth-order valence-electron chi connectivity index (χ4n) is 3.35. The summed E-state index contributed by atoms with van der Waals surface area (Å²) in [5.74, 6) is 1.20. The van der Waals surface area contributed by atoms with Gasteiger partial charge in [-0.05, 0) is 38.1 Å². The molecule has 25 heavy (non-hydrogen) atoms. The second-order valence-electron chi connectivity index (χ2n) is 7.10. The Hall–Kier alpha value is -1.72. The number of piperazine rings is 1. The third-order valence-corrected chi connectivity index (χ3v) is 4.93. The standard InChI is InChI=1S/C20H30N4O/c1-17-6-7-21-19(15-17)16-18(20-22-8-14-25-20)5-3-4-9-24-12-10-23(2)11-13-24/h3-4,6-7,15,18H,5,8-14,16H2,1-2H3. The Bertz CT molecular complexity index is 605. The number of ether oxygens (including phenoxy) is 1. The summed E-state index contributed by atoms with van der Waals surface area (Å²) in [6, 6.07) is 4.20. The van der Waals surface area contributed by atoms with Gasteiger partial charge in [-0.1, -0.05) is 12.2 Å². The molecule has 1 unspecified atom stereocenters. The molecule has 1 aromatic heterocycles. The molecule has 0 spiro atoms. The number of hydrogen-bond acceptors (Lipinski definition) is 5. The molecule has 1 aromatic rings. The van der Waals surface area contributed by atoms with E-state index >= 15 is 0 Å². The molecule has 0 radical (unpaired) electrons. The summed E-state index contributed by atoms with van der Waals surface area (Å²) in [7, 11) is 2.19. The molecule has 0 aromatic carbocycles. The zero-order valence-electron chi connectivity index (χ0n) is 15.5. The van der Waals surface area contributed by atoms with Crippen molar-refractivity contribution in [3.8, 4) is 0 Å². The molecule has 3 rings (SSSR count). The van der Waals surface area contributed by atoms with Gasteiger partial charge in [0.05, 0.1) is 6.54 Å². The second-order valence-corrected chi connectivity index (χ2v) is 7.10. The number of aryl methyl sites for hydroxylation is 1.